The molecule has 0 aromatic heterocycles. The van der Waals surface area contributed by atoms with Crippen LogP contribution >= 0.6 is 0 Å². The number of Topliss-reactive ketones (excluding diaryl/α,β-unsaturated/α-hetero) is 1. The molecular formula is C19H37NO3. The summed E-state index contributed by atoms with van der Waals surface area (Å²) in [5.41, 5.74) is 0. The zero-order valence-corrected chi connectivity index (χ0v) is 15.3. The van der Waals surface area contributed by atoms with Crippen molar-refractivity contribution >= 4 is 5.78 Å². The second kappa shape index (κ2) is 12.9. The minimum Gasteiger partial charge on any atom is -0.394 e. The molecule has 0 spiro atoms. The summed E-state index contributed by atoms with van der Waals surface area (Å²) in [7, 11) is 0. The highest BCUT2D eigenvalue weighted by atomic mass is 16.5. The second-order valence-electron chi connectivity index (χ2n) is 7.13. The van der Waals surface area contributed by atoms with Crippen molar-refractivity contribution in [1.82, 2.24) is 4.90 Å². The lowest BCUT2D eigenvalue weighted by atomic mass is 9.83. The third kappa shape index (κ3) is 9.43. The summed E-state index contributed by atoms with van der Waals surface area (Å²) < 4.78 is 5.19. The van der Waals surface area contributed by atoms with E-state index >= 15 is 0 Å². The zero-order valence-electron chi connectivity index (χ0n) is 15.3. The van der Waals surface area contributed by atoms with Gasteiger partial charge in [0.15, 0.2) is 0 Å². The molecule has 2 fully saturated rings. The maximum absolute atomic E-state index is 11.5. The predicted molar refractivity (Wildman–Crippen MR) is 94.6 cm³/mol. The Kier molecular flexibility index (Phi) is 11.6. The number of ketones is 1. The fraction of sp³-hybridized carbons (Fsp3) is 0.947. The normalized spacial score (nSPS) is 20.2. The SMILES string of the molecule is CC(C)C(=O)C1CCCCC1.OCCOCCN1CCCCC1. The first-order valence-corrected chi connectivity index (χ1v) is 9.59. The number of carbonyl (C=O) groups excluding carboxylic acids is 1. The van der Waals surface area contributed by atoms with Crippen molar-refractivity contribution in [1.29, 1.82) is 0 Å². The van der Waals surface area contributed by atoms with Gasteiger partial charge in [0.05, 0.1) is 19.8 Å². The summed E-state index contributed by atoms with van der Waals surface area (Å²) in [5, 5.41) is 8.46. The quantitative estimate of drug-likeness (QED) is 0.729. The summed E-state index contributed by atoms with van der Waals surface area (Å²) in [4.78, 5) is 13.9. The highest BCUT2D eigenvalue weighted by Crippen LogP contribution is 2.26. The zero-order chi connectivity index (χ0) is 16.9. The molecule has 4 heteroatoms. The first kappa shape index (κ1) is 20.6. The van der Waals surface area contributed by atoms with Gasteiger partial charge in [0.25, 0.3) is 0 Å². The van der Waals surface area contributed by atoms with Gasteiger partial charge in [-0.15, -0.1) is 0 Å². The lowest BCUT2D eigenvalue weighted by molar-refractivity contribution is -0.126. The van der Waals surface area contributed by atoms with E-state index in [2.05, 4.69) is 4.90 Å². The molecule has 0 aromatic carbocycles. The standard InChI is InChI=1S/C10H18O.C9H19NO2/c1-8(2)10(11)9-6-4-3-5-7-9;11-7-9-12-8-6-10-4-2-1-3-5-10/h8-9H,3-7H2,1-2H3;11H,1-9H2. The topological polar surface area (TPSA) is 49.8 Å². The van der Waals surface area contributed by atoms with E-state index in [1.165, 1.54) is 51.6 Å². The van der Waals surface area contributed by atoms with Crippen molar-refractivity contribution in [3.63, 3.8) is 0 Å². The van der Waals surface area contributed by atoms with E-state index in [4.69, 9.17) is 9.84 Å². The number of rotatable bonds is 7. The lowest BCUT2D eigenvalue weighted by Crippen LogP contribution is -2.32. The van der Waals surface area contributed by atoms with E-state index in [0.717, 1.165) is 26.0 Å². The third-order valence-corrected chi connectivity index (χ3v) is 4.81. The van der Waals surface area contributed by atoms with Crippen LogP contribution in [0, 0.1) is 11.8 Å². The van der Waals surface area contributed by atoms with Gasteiger partial charge < -0.3 is 14.7 Å². The summed E-state index contributed by atoms with van der Waals surface area (Å²) >= 11 is 0. The Morgan fingerprint density at radius 3 is 2.22 bits per heavy atom. The number of ether oxygens (including phenoxy) is 1. The molecule has 1 aliphatic heterocycles. The Bertz CT molecular complexity index is 295. The van der Waals surface area contributed by atoms with Gasteiger partial charge in [-0.3, -0.25) is 4.79 Å². The van der Waals surface area contributed by atoms with Crippen molar-refractivity contribution in [3.05, 3.63) is 0 Å². The van der Waals surface area contributed by atoms with Crippen LogP contribution in [0.4, 0.5) is 0 Å². The first-order valence-electron chi connectivity index (χ1n) is 9.59. The van der Waals surface area contributed by atoms with Crippen molar-refractivity contribution < 1.29 is 14.6 Å². The number of hydrogen-bond donors (Lipinski definition) is 1. The fourth-order valence-corrected chi connectivity index (χ4v) is 3.40. The molecule has 2 rings (SSSR count). The van der Waals surface area contributed by atoms with E-state index in [-0.39, 0.29) is 12.5 Å². The molecule has 2 aliphatic rings. The Balaban J connectivity index is 0.000000231. The molecule has 23 heavy (non-hydrogen) atoms. The molecule has 0 bridgehead atoms. The minimum atomic E-state index is 0.139. The summed E-state index contributed by atoms with van der Waals surface area (Å²) in [6.07, 6.45) is 10.2. The molecule has 0 radical (unpaired) electrons. The molecule has 136 valence electrons. The van der Waals surface area contributed by atoms with E-state index in [9.17, 15) is 4.79 Å². The van der Waals surface area contributed by atoms with E-state index in [1.54, 1.807) is 0 Å². The van der Waals surface area contributed by atoms with Gasteiger partial charge in [-0.1, -0.05) is 39.5 Å². The molecular weight excluding hydrogens is 290 g/mol. The number of hydrogen-bond acceptors (Lipinski definition) is 4. The van der Waals surface area contributed by atoms with Crippen LogP contribution in [0.25, 0.3) is 0 Å². The van der Waals surface area contributed by atoms with Crippen LogP contribution in [0.1, 0.15) is 65.2 Å². The summed E-state index contributed by atoms with van der Waals surface area (Å²) in [6, 6.07) is 0. The Hall–Kier alpha value is -0.450. The average Bonchev–Trinajstić information content (AvgIpc) is 2.60. The van der Waals surface area contributed by atoms with Crippen molar-refractivity contribution in [2.24, 2.45) is 11.8 Å². The predicted octanol–water partition coefficient (Wildman–Crippen LogP) is 3.27. The molecule has 4 nitrogen and oxygen atoms in total. The summed E-state index contributed by atoms with van der Waals surface area (Å²) in [6.45, 7) is 8.88. The molecule has 1 saturated heterocycles. The maximum Gasteiger partial charge on any atom is 0.138 e. The highest BCUT2D eigenvalue weighted by Gasteiger charge is 2.22. The van der Waals surface area contributed by atoms with Crippen LogP contribution in [-0.2, 0) is 9.53 Å². The van der Waals surface area contributed by atoms with Gasteiger partial charge in [-0.25, -0.2) is 0 Å². The molecule has 1 heterocycles. The van der Waals surface area contributed by atoms with Crippen LogP contribution in [0.3, 0.4) is 0 Å². The van der Waals surface area contributed by atoms with Crippen LogP contribution in [-0.4, -0.2) is 55.2 Å². The van der Waals surface area contributed by atoms with Gasteiger partial charge in [-0.2, -0.15) is 0 Å². The Morgan fingerprint density at radius 1 is 1.04 bits per heavy atom. The molecule has 0 amide bonds. The molecule has 0 unspecified atom stereocenters. The Morgan fingerprint density at radius 2 is 1.65 bits per heavy atom. The number of aliphatic hydroxyl groups excluding tert-OH is 1. The molecule has 0 aromatic rings. The van der Waals surface area contributed by atoms with Gasteiger partial charge in [0.1, 0.15) is 5.78 Å². The third-order valence-electron chi connectivity index (χ3n) is 4.81. The fourth-order valence-electron chi connectivity index (χ4n) is 3.40. The summed E-state index contributed by atoms with van der Waals surface area (Å²) in [5.74, 6) is 1.14. The number of carbonyl (C=O) groups is 1. The van der Waals surface area contributed by atoms with Crippen molar-refractivity contribution in [2.75, 3.05) is 39.5 Å². The molecule has 1 aliphatic carbocycles. The van der Waals surface area contributed by atoms with Gasteiger partial charge in [0, 0.05) is 18.4 Å². The van der Waals surface area contributed by atoms with Gasteiger partial charge in [-0.05, 0) is 38.8 Å². The lowest BCUT2D eigenvalue weighted by Gasteiger charge is -2.25. The van der Waals surface area contributed by atoms with E-state index < -0.39 is 0 Å². The maximum atomic E-state index is 11.5. The van der Waals surface area contributed by atoms with Crippen molar-refractivity contribution in [2.45, 2.75) is 65.2 Å². The van der Waals surface area contributed by atoms with Crippen LogP contribution in [0.15, 0.2) is 0 Å². The van der Waals surface area contributed by atoms with Gasteiger partial charge in [0.2, 0.25) is 0 Å². The average molecular weight is 328 g/mol. The molecule has 1 saturated carbocycles. The molecule has 1 N–H and O–H groups in total. The van der Waals surface area contributed by atoms with Crippen LogP contribution in [0.5, 0.6) is 0 Å². The van der Waals surface area contributed by atoms with E-state index in [1.807, 2.05) is 13.8 Å². The van der Waals surface area contributed by atoms with Gasteiger partial charge >= 0.3 is 0 Å². The number of piperidine rings is 1. The van der Waals surface area contributed by atoms with Crippen LogP contribution in [0.2, 0.25) is 0 Å². The number of nitrogens with zero attached hydrogens (tertiary/aromatic N) is 1. The largest absolute Gasteiger partial charge is 0.394 e. The second-order valence-corrected chi connectivity index (χ2v) is 7.13. The van der Waals surface area contributed by atoms with Crippen LogP contribution < -0.4 is 0 Å². The monoisotopic (exact) mass is 327 g/mol. The number of likely N-dealkylation sites (tertiary alicyclic amines) is 1. The number of aliphatic hydroxyl groups is 1. The first-order chi connectivity index (χ1) is 11.1. The van der Waals surface area contributed by atoms with E-state index in [0.29, 0.717) is 18.3 Å². The molecule has 0 atom stereocenters. The Labute approximate surface area is 142 Å². The highest BCUT2D eigenvalue weighted by molar-refractivity contribution is 5.82. The minimum absolute atomic E-state index is 0.139. The smallest absolute Gasteiger partial charge is 0.138 e. The van der Waals surface area contributed by atoms with Crippen molar-refractivity contribution in [3.8, 4) is 0 Å².